The van der Waals surface area contributed by atoms with Crippen LogP contribution in [0.15, 0.2) is 47.6 Å². The summed E-state index contributed by atoms with van der Waals surface area (Å²) in [6, 6.07) is 0. The molecule has 0 saturated heterocycles. The summed E-state index contributed by atoms with van der Waals surface area (Å²) in [4.78, 5) is 0. The Morgan fingerprint density at radius 1 is 0.556 bits per heavy atom. The molecule has 6 fully saturated rings. The zero-order chi connectivity index (χ0) is 35.6. The minimum Gasteiger partial charge on any atom is -0.301 e. The zero-order valence-corrected chi connectivity index (χ0v) is 34.3. The number of allylic oxidation sites excluding steroid dienone is 8. The molecule has 296 valence electrons. The lowest BCUT2D eigenvalue weighted by atomic mass is 9.48. The molecule has 2 heteroatoms. The largest absolute Gasteiger partial charge is 0.301 e. The fraction of sp³-hybridized carbons (Fsp3) is 0.846. The number of rotatable bonds is 7. The summed E-state index contributed by atoms with van der Waals surface area (Å²) in [5.41, 5.74) is 4.66. The molecule has 11 rings (SSSR count). The average molecular weight is 731 g/mol. The van der Waals surface area contributed by atoms with E-state index >= 15 is 0 Å². The van der Waals surface area contributed by atoms with Gasteiger partial charge in [-0.3, -0.25) is 0 Å². The first-order chi connectivity index (χ1) is 26.8. The predicted octanol–water partition coefficient (Wildman–Crippen LogP) is 12.6. The number of nitrogens with one attached hydrogen (secondary N) is 2. The van der Waals surface area contributed by atoms with Crippen molar-refractivity contribution in [3.63, 3.8) is 0 Å². The van der Waals surface area contributed by atoms with E-state index in [2.05, 4.69) is 52.7 Å². The molecule has 0 bridgehead atoms. The van der Waals surface area contributed by atoms with Gasteiger partial charge in [0.15, 0.2) is 0 Å². The lowest BCUT2D eigenvalue weighted by Gasteiger charge is -2.56. The molecule has 1 spiro atoms. The van der Waals surface area contributed by atoms with E-state index in [0.29, 0.717) is 11.6 Å². The average Bonchev–Trinajstić information content (AvgIpc) is 3.71. The third-order valence-corrected chi connectivity index (χ3v) is 20.2. The molecule has 0 aromatic rings. The maximum absolute atomic E-state index is 4.42. The molecule has 0 aliphatic heterocycles. The number of hydrogen-bond acceptors (Lipinski definition) is 2. The van der Waals surface area contributed by atoms with E-state index in [0.717, 1.165) is 88.8 Å². The lowest BCUT2D eigenvalue weighted by molar-refractivity contribution is -0.0431. The molecule has 6 saturated carbocycles. The Bertz CT molecular complexity index is 1460. The van der Waals surface area contributed by atoms with E-state index in [4.69, 9.17) is 0 Å². The van der Waals surface area contributed by atoms with Gasteiger partial charge in [0, 0.05) is 5.92 Å². The van der Waals surface area contributed by atoms with Gasteiger partial charge in [-0.2, -0.15) is 0 Å². The van der Waals surface area contributed by atoms with Crippen molar-refractivity contribution in [3.05, 3.63) is 47.6 Å². The van der Waals surface area contributed by atoms with Gasteiger partial charge in [0.2, 0.25) is 0 Å². The molecule has 16 unspecified atom stereocenters. The minimum absolute atomic E-state index is 0.523. The first-order valence-electron chi connectivity index (χ1n) is 25.0. The smallest absolute Gasteiger partial charge is 0.0600 e. The third kappa shape index (κ3) is 5.87. The van der Waals surface area contributed by atoms with Gasteiger partial charge >= 0.3 is 0 Å². The van der Waals surface area contributed by atoms with E-state index in [1.807, 2.05) is 5.57 Å². The Labute approximate surface area is 331 Å². The van der Waals surface area contributed by atoms with Crippen LogP contribution in [0.1, 0.15) is 161 Å². The first kappa shape index (κ1) is 36.0. The van der Waals surface area contributed by atoms with Gasteiger partial charge in [-0.05, 0) is 217 Å². The first-order valence-corrected chi connectivity index (χ1v) is 25.0. The molecule has 0 radical (unpaired) electrons. The molecule has 11 aliphatic carbocycles. The molecule has 11 aliphatic rings. The maximum Gasteiger partial charge on any atom is 0.0600 e. The van der Waals surface area contributed by atoms with Gasteiger partial charge in [0.25, 0.3) is 0 Å². The van der Waals surface area contributed by atoms with Crippen molar-refractivity contribution in [3.8, 4) is 0 Å². The lowest BCUT2D eigenvalue weighted by Crippen LogP contribution is -2.52. The van der Waals surface area contributed by atoms with Crippen LogP contribution < -0.4 is 10.6 Å². The van der Waals surface area contributed by atoms with Crippen molar-refractivity contribution in [2.75, 3.05) is 13.1 Å². The van der Waals surface area contributed by atoms with Gasteiger partial charge in [0.1, 0.15) is 0 Å². The Balaban J connectivity index is 0.913. The van der Waals surface area contributed by atoms with Crippen molar-refractivity contribution in [2.24, 2.45) is 94.2 Å². The molecule has 0 aromatic heterocycles. The van der Waals surface area contributed by atoms with E-state index < -0.39 is 0 Å². The SMILES string of the molecule is C1=CCC(CNC(NCC2CC=CC3C2C2CCCCC2C32C3CCCCC3C3CC4C5=C(CCCC5)C5C=CCCC5C4CC32)C2CCCCC2)CC1. The predicted molar refractivity (Wildman–Crippen MR) is 224 cm³/mol. The van der Waals surface area contributed by atoms with Crippen molar-refractivity contribution in [1.82, 2.24) is 10.6 Å². The minimum atomic E-state index is 0.523. The van der Waals surface area contributed by atoms with E-state index in [9.17, 15) is 0 Å². The van der Waals surface area contributed by atoms with Gasteiger partial charge in [-0.1, -0.05) is 92.5 Å². The fourth-order valence-corrected chi connectivity index (χ4v) is 18.6. The summed E-state index contributed by atoms with van der Waals surface area (Å²) in [5.74, 6) is 14.2. The summed E-state index contributed by atoms with van der Waals surface area (Å²) in [5, 5.41) is 8.65. The highest BCUT2D eigenvalue weighted by Crippen LogP contribution is 2.79. The second kappa shape index (κ2) is 15.2. The summed E-state index contributed by atoms with van der Waals surface area (Å²) in [6.07, 6.45) is 53.5. The molecule has 2 N–H and O–H groups in total. The van der Waals surface area contributed by atoms with Crippen LogP contribution in [0.2, 0.25) is 0 Å². The van der Waals surface area contributed by atoms with E-state index in [1.54, 1.807) is 38.5 Å². The normalized spacial score (nSPS) is 48.7. The van der Waals surface area contributed by atoms with E-state index in [1.165, 1.54) is 135 Å². The van der Waals surface area contributed by atoms with Crippen LogP contribution in [0, 0.1) is 94.2 Å². The summed E-state index contributed by atoms with van der Waals surface area (Å²) < 4.78 is 0. The summed E-state index contributed by atoms with van der Waals surface area (Å²) in [7, 11) is 0. The molecule has 16 atom stereocenters. The van der Waals surface area contributed by atoms with Crippen LogP contribution in [0.5, 0.6) is 0 Å². The topological polar surface area (TPSA) is 24.1 Å². The summed E-state index contributed by atoms with van der Waals surface area (Å²) >= 11 is 0. The monoisotopic (exact) mass is 731 g/mol. The van der Waals surface area contributed by atoms with Crippen LogP contribution in [0.25, 0.3) is 0 Å². The Morgan fingerprint density at radius 2 is 1.31 bits per heavy atom. The van der Waals surface area contributed by atoms with Crippen LogP contribution in [-0.2, 0) is 0 Å². The highest BCUT2D eigenvalue weighted by molar-refractivity contribution is 5.34. The molecule has 0 amide bonds. The Hall–Kier alpha value is -1.12. The molecule has 0 heterocycles. The van der Waals surface area contributed by atoms with Crippen molar-refractivity contribution in [2.45, 2.75) is 167 Å². The van der Waals surface area contributed by atoms with Crippen molar-refractivity contribution in [1.29, 1.82) is 0 Å². The quantitative estimate of drug-likeness (QED) is 0.201. The molecular formula is C52H78N2. The Kier molecular flexibility index (Phi) is 10.2. The standard InChI is InChI=1S/C52H78N2/c1-3-16-34(17-4-1)32-53-51(35-18-5-2-6-19-35)54-33-36-20-15-29-48-50(36)42-26-12-14-28-47(42)52(48)46-27-13-11-25-41(46)45-30-43-39-23-9-7-21-37(39)38-22-8-10-24-40(38)44(43)31-49(45)52/h1,3,8,15,22,29,34-36,38,40-51,53-54H,2,4-7,9-14,16-21,23-28,30-33H2. The van der Waals surface area contributed by atoms with Gasteiger partial charge < -0.3 is 10.6 Å². The highest BCUT2D eigenvalue weighted by Gasteiger charge is 2.73. The fourth-order valence-electron chi connectivity index (χ4n) is 18.6. The number of fused-ring (bicyclic) bond motifs is 15. The molecule has 0 aromatic carbocycles. The zero-order valence-electron chi connectivity index (χ0n) is 34.3. The third-order valence-electron chi connectivity index (χ3n) is 20.2. The van der Waals surface area contributed by atoms with Crippen LogP contribution >= 0.6 is 0 Å². The van der Waals surface area contributed by atoms with Crippen LogP contribution in [0.4, 0.5) is 0 Å². The van der Waals surface area contributed by atoms with Gasteiger partial charge in [0.05, 0.1) is 6.17 Å². The Morgan fingerprint density at radius 3 is 2.17 bits per heavy atom. The van der Waals surface area contributed by atoms with Gasteiger partial charge in [-0.15, -0.1) is 0 Å². The molecular weight excluding hydrogens is 653 g/mol. The summed E-state index contributed by atoms with van der Waals surface area (Å²) in [6.45, 7) is 2.48. The molecule has 2 nitrogen and oxygen atoms in total. The van der Waals surface area contributed by atoms with E-state index in [-0.39, 0.29) is 0 Å². The second-order valence-corrected chi connectivity index (χ2v) is 21.9. The second-order valence-electron chi connectivity index (χ2n) is 21.9. The molecule has 54 heavy (non-hydrogen) atoms. The van der Waals surface area contributed by atoms with Crippen molar-refractivity contribution >= 4 is 0 Å². The highest BCUT2D eigenvalue weighted by atomic mass is 15.1. The number of hydrogen-bond donors (Lipinski definition) is 2. The van der Waals surface area contributed by atoms with Gasteiger partial charge in [-0.25, -0.2) is 0 Å². The maximum atomic E-state index is 4.42. The van der Waals surface area contributed by atoms with Crippen molar-refractivity contribution < 1.29 is 0 Å². The van der Waals surface area contributed by atoms with Crippen LogP contribution in [0.3, 0.4) is 0 Å². The van der Waals surface area contributed by atoms with Crippen LogP contribution in [-0.4, -0.2) is 19.3 Å².